The number of hydrogen-bond acceptors (Lipinski definition) is 5. The van der Waals surface area contributed by atoms with Crippen LogP contribution >= 0.6 is 23.4 Å². The molecule has 0 bridgehead atoms. The Morgan fingerprint density at radius 1 is 1.29 bits per heavy atom. The zero-order chi connectivity index (χ0) is 15.8. The van der Waals surface area contributed by atoms with Crippen LogP contribution in [0.2, 0.25) is 5.02 Å². The van der Waals surface area contributed by atoms with Crippen LogP contribution in [0.3, 0.4) is 0 Å². The van der Waals surface area contributed by atoms with E-state index in [2.05, 4.69) is 4.74 Å². The summed E-state index contributed by atoms with van der Waals surface area (Å²) in [6.07, 6.45) is 4.26. The fourth-order valence-electron chi connectivity index (χ4n) is 1.41. The first-order valence-electron chi connectivity index (χ1n) is 6.12. The predicted octanol–water partition coefficient (Wildman–Crippen LogP) is 3.77. The molecule has 0 aliphatic rings. The molecule has 0 aliphatic heterocycles. The Morgan fingerprint density at radius 2 is 1.90 bits per heavy atom. The molecule has 0 saturated heterocycles. The number of allylic oxidation sites excluding steroid dienone is 3. The molecule has 0 aromatic heterocycles. The van der Waals surface area contributed by atoms with Gasteiger partial charge in [0.05, 0.1) is 11.5 Å². The lowest BCUT2D eigenvalue weighted by molar-refractivity contribution is -0.141. The van der Waals surface area contributed by atoms with Crippen LogP contribution in [0.1, 0.15) is 17.3 Å². The van der Waals surface area contributed by atoms with E-state index < -0.39 is 11.7 Å². The number of ether oxygens (including phenoxy) is 1. The SMILES string of the molecule is CCOC(=O)/C(O)=C/C=C(\SC)C(=O)c1ccc(Cl)cc1. The molecule has 112 valence electrons. The zero-order valence-electron chi connectivity index (χ0n) is 11.6. The topological polar surface area (TPSA) is 63.6 Å². The third-order valence-corrected chi connectivity index (χ3v) is 3.44. The first-order chi connectivity index (χ1) is 9.99. The van der Waals surface area contributed by atoms with Gasteiger partial charge in [-0.05, 0) is 49.6 Å². The maximum atomic E-state index is 12.2. The summed E-state index contributed by atoms with van der Waals surface area (Å²) in [5.74, 6) is -1.59. The van der Waals surface area contributed by atoms with E-state index in [0.717, 1.165) is 6.08 Å². The van der Waals surface area contributed by atoms with Crippen molar-refractivity contribution in [3.05, 3.63) is 57.7 Å². The van der Waals surface area contributed by atoms with E-state index in [1.54, 1.807) is 37.4 Å². The molecule has 0 aliphatic carbocycles. The third kappa shape index (κ3) is 5.28. The lowest BCUT2D eigenvalue weighted by atomic mass is 10.1. The molecule has 0 radical (unpaired) electrons. The van der Waals surface area contributed by atoms with E-state index in [1.165, 1.54) is 17.8 Å². The number of ketones is 1. The minimum atomic E-state index is -0.826. The van der Waals surface area contributed by atoms with E-state index in [-0.39, 0.29) is 12.4 Å². The van der Waals surface area contributed by atoms with Crippen molar-refractivity contribution in [2.75, 3.05) is 12.9 Å². The maximum Gasteiger partial charge on any atom is 0.373 e. The molecule has 1 aromatic rings. The number of esters is 1. The second-order valence-corrected chi connectivity index (χ2v) is 5.13. The highest BCUT2D eigenvalue weighted by Crippen LogP contribution is 2.20. The average Bonchev–Trinajstić information content (AvgIpc) is 2.48. The highest BCUT2D eigenvalue weighted by Gasteiger charge is 2.12. The van der Waals surface area contributed by atoms with Gasteiger partial charge in [-0.1, -0.05) is 11.6 Å². The van der Waals surface area contributed by atoms with Crippen molar-refractivity contribution in [1.29, 1.82) is 0 Å². The number of halogens is 1. The lowest BCUT2D eigenvalue weighted by Crippen LogP contribution is -2.07. The zero-order valence-corrected chi connectivity index (χ0v) is 13.2. The van der Waals surface area contributed by atoms with Gasteiger partial charge >= 0.3 is 5.97 Å². The number of benzene rings is 1. The molecule has 6 heteroatoms. The van der Waals surface area contributed by atoms with Crippen molar-refractivity contribution >= 4 is 35.1 Å². The highest BCUT2D eigenvalue weighted by molar-refractivity contribution is 8.03. The predicted molar refractivity (Wildman–Crippen MR) is 84.7 cm³/mol. The number of Topliss-reactive ketones (excluding diaryl/α,β-unsaturated/α-hetero) is 1. The summed E-state index contributed by atoms with van der Waals surface area (Å²) in [5, 5.41) is 10.0. The second kappa shape index (κ2) is 8.54. The summed E-state index contributed by atoms with van der Waals surface area (Å²) in [7, 11) is 0. The summed E-state index contributed by atoms with van der Waals surface area (Å²) in [6.45, 7) is 1.80. The van der Waals surface area contributed by atoms with E-state index in [1.807, 2.05) is 0 Å². The van der Waals surface area contributed by atoms with Crippen molar-refractivity contribution in [2.24, 2.45) is 0 Å². The van der Waals surface area contributed by atoms with Gasteiger partial charge in [0.15, 0.2) is 5.78 Å². The van der Waals surface area contributed by atoms with Crippen LogP contribution in [0.25, 0.3) is 0 Å². The summed E-state index contributed by atoms with van der Waals surface area (Å²) in [5.41, 5.74) is 0.476. The van der Waals surface area contributed by atoms with Crippen LogP contribution in [0.15, 0.2) is 47.1 Å². The molecule has 1 rings (SSSR count). The number of rotatable bonds is 6. The molecule has 0 saturated carbocycles. The van der Waals surface area contributed by atoms with Crippen molar-refractivity contribution in [2.45, 2.75) is 6.92 Å². The Labute approximate surface area is 132 Å². The van der Waals surface area contributed by atoms with Crippen molar-refractivity contribution < 1.29 is 19.4 Å². The molecular formula is C15H15ClO4S. The number of aliphatic hydroxyl groups excluding tert-OH is 1. The van der Waals surface area contributed by atoms with Crippen LogP contribution in [-0.2, 0) is 9.53 Å². The molecule has 4 nitrogen and oxygen atoms in total. The van der Waals surface area contributed by atoms with Crippen LogP contribution in [0.5, 0.6) is 0 Å². The highest BCUT2D eigenvalue weighted by atomic mass is 35.5. The third-order valence-electron chi connectivity index (χ3n) is 2.43. The molecule has 0 amide bonds. The molecule has 0 atom stereocenters. The molecule has 1 N–H and O–H groups in total. The fraction of sp³-hybridized carbons (Fsp3) is 0.200. The Kier molecular flexibility index (Phi) is 7.05. The first-order valence-corrected chi connectivity index (χ1v) is 7.72. The number of carbonyl (C=O) groups excluding carboxylic acids is 2. The minimum Gasteiger partial charge on any atom is -0.502 e. The number of thioether (sulfide) groups is 1. The molecule has 0 heterocycles. The van der Waals surface area contributed by atoms with Gasteiger partial charge < -0.3 is 9.84 Å². The van der Waals surface area contributed by atoms with Gasteiger partial charge in [-0.3, -0.25) is 4.79 Å². The lowest BCUT2D eigenvalue weighted by Gasteiger charge is -2.03. The molecule has 0 unspecified atom stereocenters. The quantitative estimate of drug-likeness (QED) is 0.283. The monoisotopic (exact) mass is 326 g/mol. The Morgan fingerprint density at radius 3 is 2.43 bits per heavy atom. The smallest absolute Gasteiger partial charge is 0.373 e. The van der Waals surface area contributed by atoms with Crippen molar-refractivity contribution in [3.8, 4) is 0 Å². The molecular weight excluding hydrogens is 312 g/mol. The second-order valence-electron chi connectivity index (χ2n) is 3.84. The molecule has 21 heavy (non-hydrogen) atoms. The average molecular weight is 327 g/mol. The number of aliphatic hydroxyl groups is 1. The van der Waals surface area contributed by atoms with Gasteiger partial charge in [-0.2, -0.15) is 0 Å². The summed E-state index contributed by atoms with van der Waals surface area (Å²) in [4.78, 5) is 23.9. The first kappa shape index (κ1) is 17.3. The van der Waals surface area contributed by atoms with E-state index in [0.29, 0.717) is 15.5 Å². The summed E-state index contributed by atoms with van der Waals surface area (Å²) >= 11 is 6.99. The fourth-order valence-corrected chi connectivity index (χ4v) is 2.04. The normalized spacial score (nSPS) is 12.1. The van der Waals surface area contributed by atoms with Gasteiger partial charge in [-0.25, -0.2) is 4.79 Å². The Hall–Kier alpha value is -1.72. The largest absolute Gasteiger partial charge is 0.502 e. The maximum absolute atomic E-state index is 12.2. The van der Waals surface area contributed by atoms with E-state index in [4.69, 9.17) is 11.6 Å². The van der Waals surface area contributed by atoms with Gasteiger partial charge in [-0.15, -0.1) is 11.8 Å². The van der Waals surface area contributed by atoms with Gasteiger partial charge in [0, 0.05) is 10.6 Å². The minimum absolute atomic E-state index is 0.166. The van der Waals surface area contributed by atoms with Gasteiger partial charge in [0.25, 0.3) is 0 Å². The van der Waals surface area contributed by atoms with Crippen LogP contribution in [0, 0.1) is 0 Å². The summed E-state index contributed by atoms with van der Waals surface area (Å²) < 4.78 is 4.64. The molecule has 1 aromatic carbocycles. The van der Waals surface area contributed by atoms with E-state index in [9.17, 15) is 14.7 Å². The molecule has 0 spiro atoms. The van der Waals surface area contributed by atoms with E-state index >= 15 is 0 Å². The van der Waals surface area contributed by atoms with Crippen molar-refractivity contribution in [3.63, 3.8) is 0 Å². The Bertz CT molecular complexity index is 576. The van der Waals surface area contributed by atoms with Gasteiger partial charge in [0.1, 0.15) is 0 Å². The van der Waals surface area contributed by atoms with Crippen LogP contribution in [-0.4, -0.2) is 29.7 Å². The van der Waals surface area contributed by atoms with Crippen LogP contribution < -0.4 is 0 Å². The molecule has 0 fully saturated rings. The number of carbonyl (C=O) groups is 2. The standard InChI is InChI=1S/C15H15ClO4S/c1-3-20-15(19)12(17)8-9-13(21-2)14(18)10-4-6-11(16)7-5-10/h4-9,17H,3H2,1-2H3/b12-8-,13-9-. The van der Waals surface area contributed by atoms with Crippen LogP contribution in [0.4, 0.5) is 0 Å². The summed E-state index contributed by atoms with van der Waals surface area (Å²) in [6, 6.07) is 6.48. The van der Waals surface area contributed by atoms with Gasteiger partial charge in [0.2, 0.25) is 5.76 Å². The Balaban J connectivity index is 2.93. The van der Waals surface area contributed by atoms with Crippen molar-refractivity contribution in [1.82, 2.24) is 0 Å². The number of hydrogen-bond donors (Lipinski definition) is 1.